The lowest BCUT2D eigenvalue weighted by Crippen LogP contribution is -2.46. The van der Waals surface area contributed by atoms with Crippen molar-refractivity contribution in [2.24, 2.45) is 5.41 Å². The molecule has 1 aliphatic rings. The molecule has 5 nitrogen and oxygen atoms in total. The standard InChI is InChI=1S/C16H22N2O3/c1-3-16(4-2,15(20)21)10-17-14(19)13-9-11-7-5-6-8-12(11)18-13/h5-8,13,18H,3-4,9-10H2,1-2H3,(H,17,19)(H,20,21). The summed E-state index contributed by atoms with van der Waals surface area (Å²) in [6, 6.07) is 7.50. The second kappa shape index (κ2) is 6.16. The molecule has 0 radical (unpaired) electrons. The number of carboxylic acids is 1. The Morgan fingerprint density at radius 3 is 2.57 bits per heavy atom. The van der Waals surface area contributed by atoms with E-state index < -0.39 is 11.4 Å². The van der Waals surface area contributed by atoms with E-state index >= 15 is 0 Å². The highest BCUT2D eigenvalue weighted by molar-refractivity contribution is 5.88. The van der Waals surface area contributed by atoms with Crippen LogP contribution in [0, 0.1) is 5.41 Å². The normalized spacial score (nSPS) is 17.0. The smallest absolute Gasteiger partial charge is 0.311 e. The number of carboxylic acid groups (broad SMARTS) is 1. The summed E-state index contributed by atoms with van der Waals surface area (Å²) in [6.07, 6.45) is 1.63. The van der Waals surface area contributed by atoms with E-state index in [4.69, 9.17) is 0 Å². The Kier molecular flexibility index (Phi) is 4.50. The maximum atomic E-state index is 12.2. The third-order valence-corrected chi connectivity index (χ3v) is 4.50. The molecule has 0 aliphatic carbocycles. The molecule has 1 aliphatic heterocycles. The van der Waals surface area contributed by atoms with Crippen LogP contribution in [0.15, 0.2) is 24.3 Å². The van der Waals surface area contributed by atoms with Crippen LogP contribution in [-0.4, -0.2) is 29.6 Å². The molecule has 21 heavy (non-hydrogen) atoms. The summed E-state index contributed by atoms with van der Waals surface area (Å²) in [6.45, 7) is 3.85. The number of fused-ring (bicyclic) bond motifs is 1. The molecule has 0 saturated heterocycles. The molecule has 0 bridgehead atoms. The van der Waals surface area contributed by atoms with Crippen LogP contribution in [0.5, 0.6) is 0 Å². The van der Waals surface area contributed by atoms with Crippen LogP contribution in [0.1, 0.15) is 32.3 Å². The number of nitrogens with one attached hydrogen (secondary N) is 2. The molecule has 1 aromatic rings. The summed E-state index contributed by atoms with van der Waals surface area (Å²) in [4.78, 5) is 23.7. The fourth-order valence-corrected chi connectivity index (χ4v) is 2.71. The molecule has 1 aromatic carbocycles. The van der Waals surface area contributed by atoms with Crippen LogP contribution in [0.25, 0.3) is 0 Å². The molecule has 0 fully saturated rings. The van der Waals surface area contributed by atoms with Gasteiger partial charge in [-0.2, -0.15) is 0 Å². The first-order chi connectivity index (χ1) is 10.0. The van der Waals surface area contributed by atoms with Crippen molar-refractivity contribution in [3.8, 4) is 0 Å². The number of rotatable bonds is 6. The van der Waals surface area contributed by atoms with Gasteiger partial charge in [-0.3, -0.25) is 9.59 Å². The Hall–Kier alpha value is -2.04. The summed E-state index contributed by atoms with van der Waals surface area (Å²) in [5.74, 6) is -0.991. The largest absolute Gasteiger partial charge is 0.481 e. The number of amides is 1. The molecule has 5 heteroatoms. The molecule has 0 spiro atoms. The van der Waals surface area contributed by atoms with E-state index in [1.807, 2.05) is 38.1 Å². The number of benzene rings is 1. The van der Waals surface area contributed by atoms with Crippen molar-refractivity contribution in [1.29, 1.82) is 0 Å². The zero-order chi connectivity index (χ0) is 15.5. The van der Waals surface area contributed by atoms with E-state index in [0.29, 0.717) is 19.3 Å². The molecule has 0 aromatic heterocycles. The number of para-hydroxylation sites is 1. The van der Waals surface area contributed by atoms with Crippen molar-refractivity contribution >= 4 is 17.6 Å². The summed E-state index contributed by atoms with van der Waals surface area (Å²) in [5.41, 5.74) is 1.22. The number of aliphatic carboxylic acids is 1. The minimum absolute atomic E-state index is 0.140. The minimum atomic E-state index is -0.874. The lowest BCUT2D eigenvalue weighted by molar-refractivity contribution is -0.149. The van der Waals surface area contributed by atoms with Gasteiger partial charge in [-0.15, -0.1) is 0 Å². The minimum Gasteiger partial charge on any atom is -0.481 e. The molecule has 1 heterocycles. The SMILES string of the molecule is CCC(CC)(CNC(=O)C1Cc2ccccc2N1)C(=O)O. The Bertz CT molecular complexity index is 513. The van der Waals surface area contributed by atoms with Gasteiger partial charge in [-0.25, -0.2) is 0 Å². The van der Waals surface area contributed by atoms with E-state index in [0.717, 1.165) is 11.3 Å². The quantitative estimate of drug-likeness (QED) is 0.749. The van der Waals surface area contributed by atoms with Crippen molar-refractivity contribution < 1.29 is 14.7 Å². The fourth-order valence-electron chi connectivity index (χ4n) is 2.71. The summed E-state index contributed by atoms with van der Waals surface area (Å²) >= 11 is 0. The molecule has 1 amide bonds. The van der Waals surface area contributed by atoms with Gasteiger partial charge in [0.15, 0.2) is 0 Å². The first-order valence-corrected chi connectivity index (χ1v) is 7.38. The highest BCUT2D eigenvalue weighted by atomic mass is 16.4. The predicted molar refractivity (Wildman–Crippen MR) is 81.2 cm³/mol. The third-order valence-electron chi connectivity index (χ3n) is 4.50. The Balaban J connectivity index is 1.96. The van der Waals surface area contributed by atoms with Gasteiger partial charge in [0.05, 0.1) is 5.41 Å². The van der Waals surface area contributed by atoms with Crippen molar-refractivity contribution in [3.63, 3.8) is 0 Å². The van der Waals surface area contributed by atoms with E-state index in [2.05, 4.69) is 10.6 Å². The number of anilines is 1. The van der Waals surface area contributed by atoms with Crippen LogP contribution in [0.4, 0.5) is 5.69 Å². The number of hydrogen-bond acceptors (Lipinski definition) is 3. The average molecular weight is 290 g/mol. The summed E-state index contributed by atoms with van der Waals surface area (Å²) in [7, 11) is 0. The van der Waals surface area contributed by atoms with E-state index in [-0.39, 0.29) is 18.5 Å². The van der Waals surface area contributed by atoms with Crippen LogP contribution < -0.4 is 10.6 Å². The average Bonchev–Trinajstić information content (AvgIpc) is 2.92. The molecule has 1 unspecified atom stereocenters. The molecule has 114 valence electrons. The highest BCUT2D eigenvalue weighted by Crippen LogP contribution is 2.27. The van der Waals surface area contributed by atoms with Crippen LogP contribution in [0.3, 0.4) is 0 Å². The van der Waals surface area contributed by atoms with Gasteiger partial charge < -0.3 is 15.7 Å². The van der Waals surface area contributed by atoms with Gasteiger partial charge in [-0.1, -0.05) is 32.0 Å². The molecular formula is C16H22N2O3. The van der Waals surface area contributed by atoms with E-state index in [9.17, 15) is 14.7 Å². The number of carbonyl (C=O) groups is 2. The van der Waals surface area contributed by atoms with Crippen molar-refractivity contribution in [2.45, 2.75) is 39.2 Å². The maximum Gasteiger partial charge on any atom is 0.311 e. The monoisotopic (exact) mass is 290 g/mol. The highest BCUT2D eigenvalue weighted by Gasteiger charge is 2.36. The summed E-state index contributed by atoms with van der Waals surface area (Å²) in [5, 5.41) is 15.4. The fraction of sp³-hybridized carbons (Fsp3) is 0.500. The van der Waals surface area contributed by atoms with Crippen LogP contribution in [0.2, 0.25) is 0 Å². The zero-order valence-corrected chi connectivity index (χ0v) is 12.5. The zero-order valence-electron chi connectivity index (χ0n) is 12.5. The molecule has 3 N–H and O–H groups in total. The van der Waals surface area contributed by atoms with Crippen molar-refractivity contribution in [2.75, 3.05) is 11.9 Å². The van der Waals surface area contributed by atoms with Gasteiger partial charge in [0.1, 0.15) is 6.04 Å². The molecule has 0 saturated carbocycles. The lowest BCUT2D eigenvalue weighted by atomic mass is 9.82. The van der Waals surface area contributed by atoms with Crippen LogP contribution >= 0.6 is 0 Å². The predicted octanol–water partition coefficient (Wildman–Crippen LogP) is 2.03. The second-order valence-electron chi connectivity index (χ2n) is 5.57. The topological polar surface area (TPSA) is 78.4 Å². The van der Waals surface area contributed by atoms with Gasteiger partial charge in [0.25, 0.3) is 0 Å². The van der Waals surface area contributed by atoms with Gasteiger partial charge in [-0.05, 0) is 24.5 Å². The molecule has 2 rings (SSSR count). The van der Waals surface area contributed by atoms with Crippen LogP contribution in [-0.2, 0) is 16.0 Å². The van der Waals surface area contributed by atoms with E-state index in [1.54, 1.807) is 0 Å². The number of hydrogen-bond donors (Lipinski definition) is 3. The molecule has 1 atom stereocenters. The third kappa shape index (κ3) is 3.01. The van der Waals surface area contributed by atoms with Gasteiger partial charge in [0, 0.05) is 18.7 Å². The second-order valence-corrected chi connectivity index (χ2v) is 5.57. The first-order valence-electron chi connectivity index (χ1n) is 7.38. The van der Waals surface area contributed by atoms with Crippen molar-refractivity contribution in [3.05, 3.63) is 29.8 Å². The summed E-state index contributed by atoms with van der Waals surface area (Å²) < 4.78 is 0. The van der Waals surface area contributed by atoms with Gasteiger partial charge >= 0.3 is 5.97 Å². The Morgan fingerprint density at radius 1 is 1.33 bits per heavy atom. The van der Waals surface area contributed by atoms with E-state index in [1.165, 1.54) is 0 Å². The van der Waals surface area contributed by atoms with Gasteiger partial charge in [0.2, 0.25) is 5.91 Å². The molecular weight excluding hydrogens is 268 g/mol. The number of carbonyl (C=O) groups excluding carboxylic acids is 1. The lowest BCUT2D eigenvalue weighted by Gasteiger charge is -2.27. The Labute approximate surface area is 124 Å². The maximum absolute atomic E-state index is 12.2. The Morgan fingerprint density at radius 2 is 2.00 bits per heavy atom. The van der Waals surface area contributed by atoms with Crippen molar-refractivity contribution in [1.82, 2.24) is 5.32 Å². The first kappa shape index (κ1) is 15.4.